The van der Waals surface area contributed by atoms with Gasteiger partial charge in [0.2, 0.25) is 0 Å². The number of halogens is 3. The van der Waals surface area contributed by atoms with Gasteiger partial charge in [0, 0.05) is 18.2 Å². The molecule has 0 radical (unpaired) electrons. The lowest BCUT2D eigenvalue weighted by Gasteiger charge is -2.37. The van der Waals surface area contributed by atoms with Crippen molar-refractivity contribution < 1.29 is 13.2 Å². The number of nitrogens with zero attached hydrogens (tertiary/aromatic N) is 2. The number of hydrogen-bond acceptors (Lipinski definition) is 3. The number of pyridine rings is 1. The van der Waals surface area contributed by atoms with Crippen molar-refractivity contribution in [3.63, 3.8) is 0 Å². The predicted octanol–water partition coefficient (Wildman–Crippen LogP) is 5.11. The van der Waals surface area contributed by atoms with Crippen LogP contribution in [0.1, 0.15) is 48.9 Å². The number of aromatic amines is 1. The molecule has 1 aliphatic rings. The van der Waals surface area contributed by atoms with Crippen molar-refractivity contribution in [1.82, 2.24) is 15.2 Å². The van der Waals surface area contributed by atoms with Gasteiger partial charge in [0.25, 0.3) is 0 Å². The third-order valence-electron chi connectivity index (χ3n) is 5.94. The summed E-state index contributed by atoms with van der Waals surface area (Å²) in [6, 6.07) is 7.67. The maximum absolute atomic E-state index is 13.5. The zero-order valence-electron chi connectivity index (χ0n) is 15.7. The molecule has 7 heteroatoms. The van der Waals surface area contributed by atoms with E-state index in [2.05, 4.69) is 21.2 Å². The van der Waals surface area contributed by atoms with Crippen molar-refractivity contribution in [2.75, 3.05) is 6.54 Å². The highest BCUT2D eigenvalue weighted by atomic mass is 19.4. The molecule has 4 rings (SSSR count). The zero-order chi connectivity index (χ0) is 19.9. The fourth-order valence-corrected chi connectivity index (χ4v) is 4.48. The summed E-state index contributed by atoms with van der Waals surface area (Å²) < 4.78 is 40.5. The van der Waals surface area contributed by atoms with Gasteiger partial charge in [0.05, 0.1) is 5.39 Å². The summed E-state index contributed by atoms with van der Waals surface area (Å²) in [5.74, 6) is 0. The van der Waals surface area contributed by atoms with Crippen LogP contribution in [0.15, 0.2) is 30.5 Å². The number of fused-ring (bicyclic) bond motifs is 1. The van der Waals surface area contributed by atoms with Crippen LogP contribution in [-0.2, 0) is 11.6 Å². The van der Waals surface area contributed by atoms with E-state index in [4.69, 9.17) is 5.73 Å². The monoisotopic (exact) mass is 388 g/mol. The third-order valence-corrected chi connectivity index (χ3v) is 5.94. The van der Waals surface area contributed by atoms with Crippen LogP contribution in [0.4, 0.5) is 13.2 Å². The molecule has 0 atom stereocenters. The number of rotatable bonds is 3. The highest BCUT2D eigenvalue weighted by Gasteiger charge is 2.37. The highest BCUT2D eigenvalue weighted by molar-refractivity contribution is 5.95. The first-order valence-electron chi connectivity index (χ1n) is 9.57. The zero-order valence-corrected chi connectivity index (χ0v) is 15.7. The smallest absolute Gasteiger partial charge is 0.330 e. The van der Waals surface area contributed by atoms with Gasteiger partial charge in [-0.2, -0.15) is 18.3 Å². The minimum absolute atomic E-state index is 0.0111. The number of nitrogens with one attached hydrogen (secondary N) is 1. The van der Waals surface area contributed by atoms with Gasteiger partial charge in [0.1, 0.15) is 5.69 Å². The molecule has 28 heavy (non-hydrogen) atoms. The fraction of sp³-hybridized carbons (Fsp3) is 0.429. The van der Waals surface area contributed by atoms with Crippen molar-refractivity contribution in [2.45, 2.75) is 50.6 Å². The van der Waals surface area contributed by atoms with Crippen LogP contribution in [0, 0.1) is 6.92 Å². The van der Waals surface area contributed by atoms with E-state index in [0.29, 0.717) is 12.1 Å². The topological polar surface area (TPSA) is 67.6 Å². The summed E-state index contributed by atoms with van der Waals surface area (Å²) >= 11 is 0. The van der Waals surface area contributed by atoms with E-state index in [1.54, 1.807) is 6.07 Å². The minimum atomic E-state index is -4.53. The number of benzene rings is 1. The van der Waals surface area contributed by atoms with Crippen LogP contribution < -0.4 is 5.73 Å². The molecule has 1 aromatic carbocycles. The molecule has 0 amide bonds. The van der Waals surface area contributed by atoms with Crippen molar-refractivity contribution in [3.05, 3.63) is 47.3 Å². The average Bonchev–Trinajstić information content (AvgIpc) is 3.12. The van der Waals surface area contributed by atoms with Gasteiger partial charge in [-0.15, -0.1) is 0 Å². The van der Waals surface area contributed by atoms with E-state index < -0.39 is 11.9 Å². The second kappa shape index (κ2) is 6.88. The van der Waals surface area contributed by atoms with Gasteiger partial charge in [-0.05, 0) is 42.5 Å². The molecular formula is C21H23F3N4. The molecule has 148 valence electrons. The van der Waals surface area contributed by atoms with Gasteiger partial charge in [-0.3, -0.25) is 5.10 Å². The Balaban J connectivity index is 1.91. The summed E-state index contributed by atoms with van der Waals surface area (Å²) in [5, 5.41) is 5.89. The van der Waals surface area contributed by atoms with Gasteiger partial charge in [-0.25, -0.2) is 4.98 Å². The van der Waals surface area contributed by atoms with Crippen LogP contribution in [0.5, 0.6) is 0 Å². The normalized spacial score (nSPS) is 17.2. The van der Waals surface area contributed by atoms with Crippen LogP contribution in [0.2, 0.25) is 0 Å². The number of hydrogen-bond donors (Lipinski definition) is 2. The molecule has 0 saturated heterocycles. The molecule has 1 fully saturated rings. The lowest BCUT2D eigenvalue weighted by molar-refractivity contribution is -0.139. The largest absolute Gasteiger partial charge is 0.433 e. The maximum Gasteiger partial charge on any atom is 0.433 e. The van der Waals surface area contributed by atoms with Gasteiger partial charge in [-0.1, -0.05) is 43.0 Å². The summed E-state index contributed by atoms with van der Waals surface area (Å²) in [6.45, 7) is 2.51. The SMILES string of the molecule is Cc1cc(-c2ccnc3n[nH]c(C(F)(F)F)c23)cc(C2(CN)CCCCC2)c1. The molecule has 2 aromatic heterocycles. The number of alkyl halides is 3. The first-order valence-corrected chi connectivity index (χ1v) is 9.57. The van der Waals surface area contributed by atoms with Gasteiger partial charge >= 0.3 is 6.18 Å². The summed E-state index contributed by atoms with van der Waals surface area (Å²) in [7, 11) is 0. The summed E-state index contributed by atoms with van der Waals surface area (Å²) in [4.78, 5) is 4.00. The molecule has 0 unspecified atom stereocenters. The number of aromatic nitrogens is 3. The molecule has 1 saturated carbocycles. The quantitative estimate of drug-likeness (QED) is 0.655. The Labute approximate surface area is 161 Å². The van der Waals surface area contributed by atoms with Crippen LogP contribution in [0.3, 0.4) is 0 Å². The van der Waals surface area contributed by atoms with E-state index in [0.717, 1.165) is 42.4 Å². The second-order valence-corrected chi connectivity index (χ2v) is 7.79. The third kappa shape index (κ3) is 3.17. The predicted molar refractivity (Wildman–Crippen MR) is 103 cm³/mol. The van der Waals surface area contributed by atoms with E-state index >= 15 is 0 Å². The Kier molecular flexibility index (Phi) is 4.65. The Morgan fingerprint density at radius 1 is 1.14 bits per heavy atom. The molecule has 3 aromatic rings. The van der Waals surface area contributed by atoms with E-state index in [9.17, 15) is 13.2 Å². The van der Waals surface area contributed by atoms with E-state index in [-0.39, 0.29) is 16.4 Å². The van der Waals surface area contributed by atoms with E-state index in [1.807, 2.05) is 19.1 Å². The first-order chi connectivity index (χ1) is 13.3. The van der Waals surface area contributed by atoms with Gasteiger partial charge in [0.15, 0.2) is 5.65 Å². The molecule has 4 nitrogen and oxygen atoms in total. The van der Waals surface area contributed by atoms with Crippen LogP contribution in [-0.4, -0.2) is 21.7 Å². The summed E-state index contributed by atoms with van der Waals surface area (Å²) in [6.07, 6.45) is 2.45. The molecule has 2 heterocycles. The molecule has 0 aliphatic heterocycles. The highest BCUT2D eigenvalue weighted by Crippen LogP contribution is 2.42. The molecule has 0 bridgehead atoms. The Hall–Kier alpha value is -2.41. The standard InChI is InChI=1S/C21H23F3N4/c1-13-9-14(11-15(10-13)20(12-25)6-3-2-4-7-20)16-5-8-26-19-17(16)18(27-28-19)21(22,23)24/h5,8-11H,2-4,6-7,12,25H2,1H3,(H,26,27,28). The Morgan fingerprint density at radius 2 is 1.89 bits per heavy atom. The molecule has 3 N–H and O–H groups in total. The lowest BCUT2D eigenvalue weighted by atomic mass is 9.69. The van der Waals surface area contributed by atoms with Crippen molar-refractivity contribution in [2.24, 2.45) is 5.73 Å². The van der Waals surface area contributed by atoms with Crippen molar-refractivity contribution >= 4 is 11.0 Å². The summed E-state index contributed by atoms with van der Waals surface area (Å²) in [5.41, 5.74) is 8.65. The molecular weight excluding hydrogens is 365 g/mol. The van der Waals surface area contributed by atoms with Gasteiger partial charge < -0.3 is 5.73 Å². The Morgan fingerprint density at radius 3 is 2.57 bits per heavy atom. The molecule has 0 spiro atoms. The first kappa shape index (κ1) is 18.9. The lowest BCUT2D eigenvalue weighted by Crippen LogP contribution is -2.37. The number of H-pyrrole nitrogens is 1. The number of aryl methyl sites for hydroxylation is 1. The average molecular weight is 388 g/mol. The second-order valence-electron chi connectivity index (χ2n) is 7.79. The maximum atomic E-state index is 13.5. The van der Waals surface area contributed by atoms with Crippen molar-refractivity contribution in [1.29, 1.82) is 0 Å². The van der Waals surface area contributed by atoms with Crippen LogP contribution in [0.25, 0.3) is 22.2 Å². The number of nitrogens with two attached hydrogens (primary N) is 1. The van der Waals surface area contributed by atoms with E-state index in [1.165, 1.54) is 12.6 Å². The fourth-order valence-electron chi connectivity index (χ4n) is 4.48. The molecule has 1 aliphatic carbocycles. The minimum Gasteiger partial charge on any atom is -0.330 e. The Bertz CT molecular complexity index is 1000. The van der Waals surface area contributed by atoms with Crippen molar-refractivity contribution in [3.8, 4) is 11.1 Å². The van der Waals surface area contributed by atoms with Crippen LogP contribution >= 0.6 is 0 Å².